The molecule has 4 aliphatic heterocycles. The van der Waals surface area contributed by atoms with Crippen LogP contribution >= 0.6 is 0 Å². The molecule has 16 heteroatoms. The van der Waals surface area contributed by atoms with Crippen LogP contribution < -0.4 is 25.8 Å². The van der Waals surface area contributed by atoms with Crippen molar-refractivity contribution in [2.45, 2.75) is 69.5 Å². The fraction of sp³-hybridized carbons (Fsp3) is 0.404. The van der Waals surface area contributed by atoms with E-state index in [2.05, 4.69) is 74.4 Å². The molecule has 0 radical (unpaired) electrons. The molecule has 1 saturated carbocycles. The second-order valence-corrected chi connectivity index (χ2v) is 17.5. The zero-order valence-electron chi connectivity index (χ0n) is 35.1. The number of nitrogens with one attached hydrogen (secondary N) is 3. The molecule has 63 heavy (non-hydrogen) atoms. The molecule has 4 fully saturated rings. The number of benzene rings is 3. The highest BCUT2D eigenvalue weighted by molar-refractivity contribution is 6.23. The second-order valence-electron chi connectivity index (χ2n) is 17.5. The van der Waals surface area contributed by atoms with Crippen molar-refractivity contribution in [3.05, 3.63) is 102 Å². The largest absolute Gasteiger partial charge is 0.372 e. The van der Waals surface area contributed by atoms with Crippen LogP contribution in [0.25, 0.3) is 11.2 Å². The Balaban J connectivity index is 0.658. The fourth-order valence-electron chi connectivity index (χ4n) is 9.83. The standard InChI is InChI=1S/C47H51N11O5/c59-40-13-12-39(45(61)53-40)58-46(62)37-11-10-35(27-38(37)47(58)63)56-22-20-54(21-23-56)17-14-30-15-18-55(19-16-30)34-8-6-32(7-9-34)52-43-42-44(49-28-48-43)57(29-50-42)36-25-33(26-36)51-41(60)24-31-4-2-1-3-5-31/h1-11,27-30,33,36,39H,12-26H2,(H,51,60)(H,48,49,52)(H,53,59,61)/t33?,36?,39-/m0/s1. The minimum absolute atomic E-state index is 0.0470. The first-order valence-corrected chi connectivity index (χ1v) is 22.2. The summed E-state index contributed by atoms with van der Waals surface area (Å²) < 4.78 is 2.10. The summed E-state index contributed by atoms with van der Waals surface area (Å²) in [5.74, 6) is -0.549. The van der Waals surface area contributed by atoms with Crippen LogP contribution in [0.3, 0.4) is 0 Å². The molecular formula is C47H51N11O5. The third-order valence-electron chi connectivity index (χ3n) is 13.6. The van der Waals surface area contributed by atoms with Crippen molar-refractivity contribution in [1.82, 2.24) is 40.0 Å². The fourth-order valence-corrected chi connectivity index (χ4v) is 9.83. The van der Waals surface area contributed by atoms with Crippen LogP contribution in [0.2, 0.25) is 0 Å². The molecule has 5 amide bonds. The first-order valence-electron chi connectivity index (χ1n) is 22.2. The lowest BCUT2D eigenvalue weighted by Crippen LogP contribution is -2.54. The van der Waals surface area contributed by atoms with Gasteiger partial charge in [0.05, 0.1) is 23.9 Å². The Morgan fingerprint density at radius 2 is 1.49 bits per heavy atom. The minimum Gasteiger partial charge on any atom is -0.372 e. The molecule has 0 unspecified atom stereocenters. The number of aromatic nitrogens is 4. The number of amides is 5. The van der Waals surface area contributed by atoms with Gasteiger partial charge in [-0.1, -0.05) is 30.3 Å². The lowest BCUT2D eigenvalue weighted by molar-refractivity contribution is -0.136. The van der Waals surface area contributed by atoms with Gasteiger partial charge in [-0.2, -0.15) is 0 Å². The second kappa shape index (κ2) is 17.2. The Hall–Kier alpha value is -6.68. The average molecular weight is 850 g/mol. The first kappa shape index (κ1) is 40.4. The predicted molar refractivity (Wildman–Crippen MR) is 237 cm³/mol. The molecule has 3 aromatic carbocycles. The van der Waals surface area contributed by atoms with Gasteiger partial charge < -0.3 is 25.0 Å². The van der Waals surface area contributed by atoms with Gasteiger partial charge in [-0.25, -0.2) is 15.0 Å². The summed E-state index contributed by atoms with van der Waals surface area (Å²) in [5.41, 5.74) is 6.19. The predicted octanol–water partition coefficient (Wildman–Crippen LogP) is 4.46. The lowest BCUT2D eigenvalue weighted by Gasteiger charge is -2.38. The number of carbonyl (C=O) groups is 5. The molecule has 16 nitrogen and oxygen atoms in total. The molecular weight excluding hydrogens is 799 g/mol. The van der Waals surface area contributed by atoms with Crippen molar-refractivity contribution in [3.63, 3.8) is 0 Å². The molecule has 0 bridgehead atoms. The quantitative estimate of drug-likeness (QED) is 0.151. The summed E-state index contributed by atoms with van der Waals surface area (Å²) >= 11 is 0. The number of anilines is 4. The molecule has 1 atom stereocenters. The van der Waals surface area contributed by atoms with E-state index in [0.29, 0.717) is 29.3 Å². The molecule has 10 rings (SSSR count). The Bertz CT molecular complexity index is 2540. The van der Waals surface area contributed by atoms with E-state index in [1.165, 1.54) is 5.69 Å². The monoisotopic (exact) mass is 849 g/mol. The van der Waals surface area contributed by atoms with Gasteiger partial charge in [-0.15, -0.1) is 0 Å². The summed E-state index contributed by atoms with van der Waals surface area (Å²) in [6.07, 6.45) is 9.18. The Morgan fingerprint density at radius 3 is 2.25 bits per heavy atom. The summed E-state index contributed by atoms with van der Waals surface area (Å²) in [4.78, 5) is 85.2. The zero-order valence-corrected chi connectivity index (χ0v) is 35.1. The third kappa shape index (κ3) is 8.34. The normalized spacial score (nSPS) is 22.0. The van der Waals surface area contributed by atoms with Crippen molar-refractivity contribution in [1.29, 1.82) is 0 Å². The molecule has 2 aromatic heterocycles. The summed E-state index contributed by atoms with van der Waals surface area (Å²) in [6.45, 7) is 6.59. The van der Waals surface area contributed by atoms with Crippen molar-refractivity contribution >= 4 is 63.6 Å². The van der Waals surface area contributed by atoms with Gasteiger partial charge in [0, 0.05) is 74.8 Å². The van der Waals surface area contributed by atoms with Crippen LogP contribution in [0.15, 0.2) is 85.5 Å². The van der Waals surface area contributed by atoms with Gasteiger partial charge >= 0.3 is 0 Å². The maximum absolute atomic E-state index is 13.3. The maximum Gasteiger partial charge on any atom is 0.262 e. The summed E-state index contributed by atoms with van der Waals surface area (Å²) in [7, 11) is 0. The molecule has 3 saturated heterocycles. The Labute approximate surface area is 365 Å². The summed E-state index contributed by atoms with van der Waals surface area (Å²) in [5, 5.41) is 8.88. The number of nitrogens with zero attached hydrogens (tertiary/aromatic N) is 8. The number of hydrogen-bond donors (Lipinski definition) is 3. The van der Waals surface area contributed by atoms with Gasteiger partial charge in [0.15, 0.2) is 17.0 Å². The minimum atomic E-state index is -0.965. The average Bonchev–Trinajstić information content (AvgIpc) is 3.83. The number of piperidine rings is 2. The molecule has 0 spiro atoms. The van der Waals surface area contributed by atoms with Gasteiger partial charge in [0.2, 0.25) is 17.7 Å². The number of imidazole rings is 1. The number of carbonyl (C=O) groups excluding carboxylic acids is 5. The van der Waals surface area contributed by atoms with E-state index in [0.717, 1.165) is 111 Å². The zero-order chi connectivity index (χ0) is 43.0. The number of imide groups is 2. The molecule has 6 heterocycles. The molecule has 324 valence electrons. The lowest BCUT2D eigenvalue weighted by atomic mass is 9.86. The Morgan fingerprint density at radius 1 is 0.762 bits per heavy atom. The topological polar surface area (TPSA) is 178 Å². The highest BCUT2D eigenvalue weighted by Gasteiger charge is 2.45. The van der Waals surface area contributed by atoms with E-state index in [1.807, 2.05) is 42.7 Å². The number of fused-ring (bicyclic) bond motifs is 2. The van der Waals surface area contributed by atoms with Gasteiger partial charge in [-0.3, -0.25) is 39.1 Å². The van der Waals surface area contributed by atoms with Crippen molar-refractivity contribution in [2.75, 3.05) is 60.9 Å². The van der Waals surface area contributed by atoms with Crippen LogP contribution in [0.5, 0.6) is 0 Å². The number of hydrogen-bond acceptors (Lipinski definition) is 12. The maximum atomic E-state index is 13.3. The SMILES string of the molecule is O=C1CC[C@H](N2C(=O)c3ccc(N4CCN(CCC5CCN(c6ccc(Nc7ncnc8c7ncn8C7CC(NC(=O)Cc8ccccc8)C7)cc6)CC5)CC4)cc3C2=O)C(=O)N1. The molecule has 5 aromatic rings. The van der Waals surface area contributed by atoms with E-state index >= 15 is 0 Å². The molecule has 5 aliphatic rings. The van der Waals surface area contributed by atoms with Crippen molar-refractivity contribution in [2.24, 2.45) is 5.92 Å². The van der Waals surface area contributed by atoms with Crippen molar-refractivity contribution < 1.29 is 24.0 Å². The van der Waals surface area contributed by atoms with Gasteiger partial charge in [0.25, 0.3) is 11.8 Å². The number of rotatable bonds is 12. The highest BCUT2D eigenvalue weighted by Crippen LogP contribution is 2.36. The van der Waals surface area contributed by atoms with E-state index in [4.69, 9.17) is 0 Å². The van der Waals surface area contributed by atoms with Crippen LogP contribution in [0.1, 0.15) is 77.3 Å². The Kier molecular flexibility index (Phi) is 11.1. The van der Waals surface area contributed by atoms with E-state index in [1.54, 1.807) is 18.5 Å². The van der Waals surface area contributed by atoms with Crippen LogP contribution in [0.4, 0.5) is 22.9 Å². The smallest absolute Gasteiger partial charge is 0.262 e. The molecule has 1 aliphatic carbocycles. The van der Waals surface area contributed by atoms with Crippen molar-refractivity contribution in [3.8, 4) is 0 Å². The number of piperazine rings is 1. The first-order chi connectivity index (χ1) is 30.7. The van der Waals surface area contributed by atoms with Crippen LogP contribution in [-0.2, 0) is 20.8 Å². The van der Waals surface area contributed by atoms with E-state index in [-0.39, 0.29) is 36.7 Å². The third-order valence-corrected chi connectivity index (χ3v) is 13.6. The van der Waals surface area contributed by atoms with Crippen LogP contribution in [0, 0.1) is 5.92 Å². The van der Waals surface area contributed by atoms with E-state index < -0.39 is 23.8 Å². The van der Waals surface area contributed by atoms with Crippen LogP contribution in [-0.4, -0.2) is 117 Å². The molecule has 3 N–H and O–H groups in total. The summed E-state index contributed by atoms with van der Waals surface area (Å²) in [6, 6.07) is 23.1. The van der Waals surface area contributed by atoms with E-state index in [9.17, 15) is 24.0 Å². The van der Waals surface area contributed by atoms with Gasteiger partial charge in [0.1, 0.15) is 12.4 Å². The van der Waals surface area contributed by atoms with Gasteiger partial charge in [-0.05, 0) is 99.0 Å². The highest BCUT2D eigenvalue weighted by atomic mass is 16.2.